The molecule has 39 heavy (non-hydrogen) atoms. The molecule has 0 aliphatic heterocycles. The number of aldehydes is 1. The Morgan fingerprint density at radius 3 is 2.13 bits per heavy atom. The van der Waals surface area contributed by atoms with E-state index < -0.39 is 5.41 Å². The minimum atomic E-state index is -0.602. The van der Waals surface area contributed by atoms with Crippen molar-refractivity contribution in [2.24, 2.45) is 57.2 Å². The lowest BCUT2D eigenvalue weighted by Crippen LogP contribution is -2.59. The summed E-state index contributed by atoms with van der Waals surface area (Å²) in [6, 6.07) is 2.18. The van der Waals surface area contributed by atoms with Crippen LogP contribution < -0.4 is 0 Å². The van der Waals surface area contributed by atoms with E-state index in [2.05, 4.69) is 33.8 Å². The third-order valence-electron chi connectivity index (χ3n) is 11.6. The normalized spacial score (nSPS) is 39.4. The summed E-state index contributed by atoms with van der Waals surface area (Å²) in [5.74, 6) is 2.23. The first kappa shape index (κ1) is 31.5. The molecule has 3 fully saturated rings. The SMILES string of the molecule is CC.CC(C)C=O.CC1(C)CCC2CCC3(C)C4CCC5(C)C(C=C(C#N)C(=O)C5(C)C)C4=CC(=O)C3C2C1. The van der Waals surface area contributed by atoms with Gasteiger partial charge < -0.3 is 4.79 Å². The van der Waals surface area contributed by atoms with E-state index in [4.69, 9.17) is 0 Å². The Balaban J connectivity index is 0.000000542. The van der Waals surface area contributed by atoms with Crippen LogP contribution in [0.4, 0.5) is 0 Å². The molecule has 0 N–H and O–H groups in total. The maximum atomic E-state index is 13.9. The average molecular weight is 536 g/mol. The smallest absolute Gasteiger partial charge is 0.179 e. The van der Waals surface area contributed by atoms with Gasteiger partial charge in [0.15, 0.2) is 11.6 Å². The third-order valence-corrected chi connectivity index (χ3v) is 11.6. The fraction of sp³-hybridized carbons (Fsp3) is 0.771. The monoisotopic (exact) mass is 535 g/mol. The summed E-state index contributed by atoms with van der Waals surface area (Å²) < 4.78 is 0. The van der Waals surface area contributed by atoms with E-state index >= 15 is 0 Å². The lowest BCUT2D eigenvalue weighted by Gasteiger charge is -2.63. The highest BCUT2D eigenvalue weighted by Gasteiger charge is 2.63. The van der Waals surface area contributed by atoms with Crippen molar-refractivity contribution in [3.8, 4) is 6.07 Å². The zero-order valence-electron chi connectivity index (χ0n) is 26.3. The fourth-order valence-electron chi connectivity index (χ4n) is 8.93. The van der Waals surface area contributed by atoms with Crippen molar-refractivity contribution in [1.82, 2.24) is 0 Å². The summed E-state index contributed by atoms with van der Waals surface area (Å²) in [6.07, 6.45) is 13.0. The number of rotatable bonds is 1. The van der Waals surface area contributed by atoms with Crippen molar-refractivity contribution in [1.29, 1.82) is 5.26 Å². The first-order chi connectivity index (χ1) is 18.1. The van der Waals surface area contributed by atoms with E-state index in [1.807, 2.05) is 53.7 Å². The van der Waals surface area contributed by atoms with E-state index in [1.54, 1.807) is 0 Å². The first-order valence-electron chi connectivity index (χ1n) is 15.5. The van der Waals surface area contributed by atoms with Crippen molar-refractivity contribution in [2.45, 2.75) is 114 Å². The maximum absolute atomic E-state index is 13.9. The summed E-state index contributed by atoms with van der Waals surface area (Å²) in [4.78, 5) is 36.5. The summed E-state index contributed by atoms with van der Waals surface area (Å²) >= 11 is 0. The number of allylic oxidation sites excluding steroid dienone is 4. The van der Waals surface area contributed by atoms with E-state index in [1.165, 1.54) is 31.3 Å². The van der Waals surface area contributed by atoms with Crippen molar-refractivity contribution in [3.63, 3.8) is 0 Å². The number of nitrogens with zero attached hydrogens (tertiary/aromatic N) is 1. The zero-order valence-corrected chi connectivity index (χ0v) is 26.3. The molecule has 0 radical (unpaired) electrons. The van der Waals surface area contributed by atoms with Gasteiger partial charge in [0.1, 0.15) is 12.4 Å². The van der Waals surface area contributed by atoms with Crippen molar-refractivity contribution < 1.29 is 14.4 Å². The molecule has 0 aromatic heterocycles. The van der Waals surface area contributed by atoms with E-state index in [-0.39, 0.29) is 39.9 Å². The van der Waals surface area contributed by atoms with Gasteiger partial charge in [0, 0.05) is 23.2 Å². The lowest BCUT2D eigenvalue weighted by atomic mass is 9.40. The van der Waals surface area contributed by atoms with Gasteiger partial charge in [-0.1, -0.05) is 80.9 Å². The van der Waals surface area contributed by atoms with Crippen LogP contribution in [0.1, 0.15) is 114 Å². The van der Waals surface area contributed by atoms with Crippen molar-refractivity contribution in [3.05, 3.63) is 23.3 Å². The van der Waals surface area contributed by atoms with E-state index in [0.29, 0.717) is 29.0 Å². The predicted molar refractivity (Wildman–Crippen MR) is 158 cm³/mol. The molecule has 5 aliphatic rings. The third kappa shape index (κ3) is 5.13. The second kappa shape index (κ2) is 11.1. The van der Waals surface area contributed by atoms with E-state index in [0.717, 1.165) is 25.5 Å². The van der Waals surface area contributed by atoms with Gasteiger partial charge in [0.2, 0.25) is 0 Å². The van der Waals surface area contributed by atoms with Crippen LogP contribution in [0.3, 0.4) is 0 Å². The second-order valence-corrected chi connectivity index (χ2v) is 14.9. The number of nitriles is 1. The Kier molecular flexibility index (Phi) is 8.97. The van der Waals surface area contributed by atoms with Gasteiger partial charge in [0.25, 0.3) is 0 Å². The van der Waals surface area contributed by atoms with Crippen LogP contribution in [-0.2, 0) is 14.4 Å². The van der Waals surface area contributed by atoms with Crippen LogP contribution in [0.2, 0.25) is 0 Å². The summed E-state index contributed by atoms with van der Waals surface area (Å²) in [5, 5.41) is 9.71. The number of hydrogen-bond donors (Lipinski definition) is 0. The first-order valence-corrected chi connectivity index (χ1v) is 15.5. The highest BCUT2D eigenvalue weighted by molar-refractivity contribution is 6.04. The van der Waals surface area contributed by atoms with Crippen LogP contribution >= 0.6 is 0 Å². The number of Topliss-reactive ketones (excluding diaryl/α,β-unsaturated/α-hetero) is 1. The molecule has 7 unspecified atom stereocenters. The Bertz CT molecular complexity index is 1090. The molecule has 0 heterocycles. The number of fused-ring (bicyclic) bond motifs is 7. The lowest BCUT2D eigenvalue weighted by molar-refractivity contribution is -0.145. The molecular formula is C35H53NO3. The molecule has 0 aromatic rings. The summed E-state index contributed by atoms with van der Waals surface area (Å²) in [6.45, 7) is 21.1. The highest BCUT2D eigenvalue weighted by atomic mass is 16.1. The molecule has 0 spiro atoms. The molecule has 3 saturated carbocycles. The van der Waals surface area contributed by atoms with Gasteiger partial charge in [-0.3, -0.25) is 9.59 Å². The van der Waals surface area contributed by atoms with Gasteiger partial charge >= 0.3 is 0 Å². The molecule has 0 aromatic carbocycles. The Hall–Kier alpha value is -2.02. The highest BCUT2D eigenvalue weighted by Crippen LogP contribution is 2.68. The van der Waals surface area contributed by atoms with Crippen LogP contribution in [-0.4, -0.2) is 17.9 Å². The number of hydrogen-bond acceptors (Lipinski definition) is 4. The van der Waals surface area contributed by atoms with E-state index in [9.17, 15) is 19.6 Å². The Morgan fingerprint density at radius 2 is 1.56 bits per heavy atom. The quantitative estimate of drug-likeness (QED) is 0.316. The molecule has 4 nitrogen and oxygen atoms in total. The number of carbonyl (C=O) groups excluding carboxylic acids is 3. The molecule has 4 heteroatoms. The average Bonchev–Trinajstić information content (AvgIpc) is 2.87. The topological polar surface area (TPSA) is 75.0 Å². The molecule has 0 saturated heterocycles. The van der Waals surface area contributed by atoms with Crippen molar-refractivity contribution >= 4 is 17.9 Å². The van der Waals surface area contributed by atoms with Gasteiger partial charge in [0.05, 0.1) is 5.57 Å². The number of ketones is 2. The van der Waals surface area contributed by atoms with Crippen LogP contribution in [0, 0.1) is 68.5 Å². The summed E-state index contributed by atoms with van der Waals surface area (Å²) in [7, 11) is 0. The molecule has 5 rings (SSSR count). The second-order valence-electron chi connectivity index (χ2n) is 14.9. The predicted octanol–water partition coefficient (Wildman–Crippen LogP) is 8.31. The van der Waals surface area contributed by atoms with Crippen molar-refractivity contribution in [2.75, 3.05) is 0 Å². The van der Waals surface area contributed by atoms with Gasteiger partial charge in [-0.25, -0.2) is 0 Å². The maximum Gasteiger partial charge on any atom is 0.179 e. The molecule has 5 aliphatic carbocycles. The Morgan fingerprint density at radius 1 is 0.974 bits per heavy atom. The minimum absolute atomic E-state index is 0.00330. The number of carbonyl (C=O) groups is 3. The summed E-state index contributed by atoms with van der Waals surface area (Å²) in [5.41, 5.74) is 0.993. The van der Waals surface area contributed by atoms with Crippen LogP contribution in [0.5, 0.6) is 0 Å². The standard InChI is InChI=1S/C29H39NO2.C4H8O.C2H6/c1-26(2)10-7-17-8-11-28(5)21-9-12-29(6)22(13-18(16-30)25(32)27(29,3)4)19(21)14-23(31)24(28)20(17)15-26;1-4(2)3-5;1-2/h13-14,17,20-22,24H,7-12,15H2,1-6H3;3-4H,1-2H3;1-2H3. The van der Waals surface area contributed by atoms with Crippen LogP contribution in [0.15, 0.2) is 23.3 Å². The van der Waals surface area contributed by atoms with Gasteiger partial charge in [-0.05, 0) is 85.0 Å². The molecule has 7 atom stereocenters. The molecule has 0 amide bonds. The fourth-order valence-corrected chi connectivity index (χ4v) is 8.93. The van der Waals surface area contributed by atoms with Gasteiger partial charge in [-0.15, -0.1) is 0 Å². The van der Waals surface area contributed by atoms with Gasteiger partial charge in [-0.2, -0.15) is 5.26 Å². The molecular weight excluding hydrogens is 482 g/mol. The largest absolute Gasteiger partial charge is 0.303 e. The minimum Gasteiger partial charge on any atom is -0.303 e. The van der Waals surface area contributed by atoms with Crippen LogP contribution in [0.25, 0.3) is 0 Å². The molecule has 0 bridgehead atoms. The Labute approximate surface area is 238 Å². The zero-order chi connectivity index (χ0) is 29.6. The molecule has 216 valence electrons.